The van der Waals surface area contributed by atoms with Crippen LogP contribution in [-0.4, -0.2) is 12.5 Å². The van der Waals surface area contributed by atoms with Gasteiger partial charge >= 0.3 is 0 Å². The first-order chi connectivity index (χ1) is 11.8. The van der Waals surface area contributed by atoms with Crippen LogP contribution in [-0.2, 0) is 0 Å². The molecule has 0 spiro atoms. The maximum absolute atomic E-state index is 13.1. The summed E-state index contributed by atoms with van der Waals surface area (Å²) in [5, 5.41) is 0. The van der Waals surface area contributed by atoms with E-state index in [1.807, 2.05) is 77.7 Å². The lowest BCUT2D eigenvalue weighted by molar-refractivity contribution is 0.0990. The van der Waals surface area contributed by atoms with Crippen molar-refractivity contribution in [2.45, 2.75) is 0 Å². The standard InChI is InChI=1S/C22H17NO/c24-22-21-14-8-7-11-18(21)15-19(17-9-3-1-4-10-17)16-23(22)20-12-5-2-6-13-20/h1-15H,16H2. The maximum Gasteiger partial charge on any atom is 0.259 e. The van der Waals surface area contributed by atoms with Crippen LogP contribution in [0.25, 0.3) is 11.6 Å². The van der Waals surface area contributed by atoms with Crippen LogP contribution in [0.4, 0.5) is 5.69 Å². The summed E-state index contributed by atoms with van der Waals surface area (Å²) in [7, 11) is 0. The van der Waals surface area contributed by atoms with Crippen molar-refractivity contribution in [1.29, 1.82) is 0 Å². The summed E-state index contributed by atoms with van der Waals surface area (Å²) in [4.78, 5) is 15.0. The predicted octanol–water partition coefficient (Wildman–Crippen LogP) is 4.89. The first kappa shape index (κ1) is 14.5. The molecule has 0 aromatic heterocycles. The summed E-state index contributed by atoms with van der Waals surface area (Å²) in [5.74, 6) is 0.0407. The minimum Gasteiger partial charge on any atom is -0.304 e. The van der Waals surface area contributed by atoms with Gasteiger partial charge in [0, 0.05) is 11.3 Å². The summed E-state index contributed by atoms with van der Waals surface area (Å²) in [6.45, 7) is 0.557. The van der Waals surface area contributed by atoms with Crippen LogP contribution >= 0.6 is 0 Å². The molecule has 1 heterocycles. The zero-order valence-corrected chi connectivity index (χ0v) is 13.2. The van der Waals surface area contributed by atoms with Gasteiger partial charge in [-0.25, -0.2) is 0 Å². The Morgan fingerprint density at radius 3 is 2.08 bits per heavy atom. The second-order valence-electron chi connectivity index (χ2n) is 5.85. The van der Waals surface area contributed by atoms with E-state index in [0.29, 0.717) is 6.54 Å². The van der Waals surface area contributed by atoms with Gasteiger partial charge in [-0.1, -0.05) is 66.7 Å². The van der Waals surface area contributed by atoms with Gasteiger partial charge < -0.3 is 4.90 Å². The Bertz CT molecular complexity index is 898. The van der Waals surface area contributed by atoms with Crippen LogP contribution in [0, 0.1) is 0 Å². The summed E-state index contributed by atoms with van der Waals surface area (Å²) < 4.78 is 0. The third kappa shape index (κ3) is 2.63. The molecule has 116 valence electrons. The third-order valence-electron chi connectivity index (χ3n) is 4.31. The number of nitrogens with zero attached hydrogens (tertiary/aromatic N) is 1. The monoisotopic (exact) mass is 311 g/mol. The average Bonchev–Trinajstić information content (AvgIpc) is 2.80. The zero-order chi connectivity index (χ0) is 16.4. The molecule has 3 aromatic rings. The topological polar surface area (TPSA) is 20.3 Å². The van der Waals surface area contributed by atoms with Gasteiger partial charge in [-0.2, -0.15) is 0 Å². The van der Waals surface area contributed by atoms with Crippen molar-refractivity contribution < 1.29 is 4.79 Å². The molecule has 0 unspecified atom stereocenters. The van der Waals surface area contributed by atoms with E-state index in [9.17, 15) is 4.79 Å². The lowest BCUT2D eigenvalue weighted by atomic mass is 10.0. The van der Waals surface area contributed by atoms with Crippen LogP contribution in [0.1, 0.15) is 21.5 Å². The van der Waals surface area contributed by atoms with E-state index in [-0.39, 0.29) is 5.91 Å². The molecular formula is C22H17NO. The number of carbonyl (C=O) groups excluding carboxylic acids is 1. The quantitative estimate of drug-likeness (QED) is 0.660. The van der Waals surface area contributed by atoms with Gasteiger partial charge in [0.15, 0.2) is 0 Å². The number of hydrogen-bond donors (Lipinski definition) is 0. The van der Waals surface area contributed by atoms with Gasteiger partial charge in [0.1, 0.15) is 0 Å². The fraction of sp³-hybridized carbons (Fsp3) is 0.0455. The van der Waals surface area contributed by atoms with E-state index >= 15 is 0 Å². The van der Waals surface area contributed by atoms with Gasteiger partial charge in [-0.05, 0) is 41.0 Å². The molecule has 0 bridgehead atoms. The SMILES string of the molecule is O=C1c2ccccc2C=C(c2ccccc2)CN1c1ccccc1. The molecule has 0 radical (unpaired) electrons. The highest BCUT2D eigenvalue weighted by atomic mass is 16.2. The lowest BCUT2D eigenvalue weighted by Crippen LogP contribution is -2.31. The highest BCUT2D eigenvalue weighted by Crippen LogP contribution is 2.29. The van der Waals surface area contributed by atoms with Crippen LogP contribution < -0.4 is 4.90 Å². The first-order valence-corrected chi connectivity index (χ1v) is 8.05. The van der Waals surface area contributed by atoms with Crippen LogP contribution in [0.5, 0.6) is 0 Å². The van der Waals surface area contributed by atoms with Crippen molar-refractivity contribution in [3.63, 3.8) is 0 Å². The van der Waals surface area contributed by atoms with Gasteiger partial charge in [0.2, 0.25) is 0 Å². The molecule has 0 fully saturated rings. The van der Waals surface area contributed by atoms with Crippen molar-refractivity contribution in [2.75, 3.05) is 11.4 Å². The molecule has 2 nitrogen and oxygen atoms in total. The van der Waals surface area contributed by atoms with E-state index < -0.39 is 0 Å². The first-order valence-electron chi connectivity index (χ1n) is 8.05. The van der Waals surface area contributed by atoms with Gasteiger partial charge in [0.05, 0.1) is 6.54 Å². The molecule has 1 amide bonds. The minimum absolute atomic E-state index is 0.0407. The van der Waals surface area contributed by atoms with E-state index in [2.05, 4.69) is 18.2 Å². The third-order valence-corrected chi connectivity index (χ3v) is 4.31. The lowest BCUT2D eigenvalue weighted by Gasteiger charge is -2.23. The fourth-order valence-corrected chi connectivity index (χ4v) is 3.08. The zero-order valence-electron chi connectivity index (χ0n) is 13.2. The van der Waals surface area contributed by atoms with E-state index in [4.69, 9.17) is 0 Å². The Hall–Kier alpha value is -3.13. The predicted molar refractivity (Wildman–Crippen MR) is 98.9 cm³/mol. The smallest absolute Gasteiger partial charge is 0.259 e. The highest BCUT2D eigenvalue weighted by Gasteiger charge is 2.24. The Morgan fingerprint density at radius 1 is 0.708 bits per heavy atom. The molecule has 3 aromatic carbocycles. The largest absolute Gasteiger partial charge is 0.304 e. The molecule has 1 aliphatic rings. The molecule has 0 aliphatic carbocycles. The van der Waals surface area contributed by atoms with Crippen molar-refractivity contribution in [3.8, 4) is 0 Å². The van der Waals surface area contributed by atoms with E-state index in [1.54, 1.807) is 0 Å². The van der Waals surface area contributed by atoms with Crippen LogP contribution in [0.3, 0.4) is 0 Å². The molecular weight excluding hydrogens is 294 g/mol. The number of anilines is 1. The molecule has 0 saturated carbocycles. The Balaban J connectivity index is 1.87. The molecule has 24 heavy (non-hydrogen) atoms. The van der Waals surface area contributed by atoms with Crippen LogP contribution in [0.2, 0.25) is 0 Å². The molecule has 0 saturated heterocycles. The Kier molecular flexibility index (Phi) is 3.72. The fourth-order valence-electron chi connectivity index (χ4n) is 3.08. The number of fused-ring (bicyclic) bond motifs is 1. The number of amides is 1. The second-order valence-corrected chi connectivity index (χ2v) is 5.85. The van der Waals surface area contributed by atoms with E-state index in [1.165, 1.54) is 0 Å². The Morgan fingerprint density at radius 2 is 1.33 bits per heavy atom. The van der Waals surface area contributed by atoms with Gasteiger partial charge in [-0.3, -0.25) is 4.79 Å². The maximum atomic E-state index is 13.1. The summed E-state index contributed by atoms with van der Waals surface area (Å²) in [5.41, 5.74) is 4.91. The number of hydrogen-bond acceptors (Lipinski definition) is 1. The molecule has 2 heteroatoms. The summed E-state index contributed by atoms with van der Waals surface area (Å²) in [6.07, 6.45) is 2.13. The number of rotatable bonds is 2. The highest BCUT2D eigenvalue weighted by molar-refractivity contribution is 6.12. The normalized spacial score (nSPS) is 13.9. The van der Waals surface area contributed by atoms with Crippen molar-refractivity contribution >= 4 is 23.2 Å². The summed E-state index contributed by atoms with van der Waals surface area (Å²) in [6, 6.07) is 27.9. The molecule has 0 N–H and O–H groups in total. The Labute approximate surface area is 141 Å². The number of para-hydroxylation sites is 1. The van der Waals surface area contributed by atoms with Crippen molar-refractivity contribution in [1.82, 2.24) is 0 Å². The molecule has 0 atom stereocenters. The van der Waals surface area contributed by atoms with Crippen molar-refractivity contribution in [2.24, 2.45) is 0 Å². The van der Waals surface area contributed by atoms with E-state index in [0.717, 1.165) is 28.0 Å². The van der Waals surface area contributed by atoms with Crippen molar-refractivity contribution in [3.05, 3.63) is 102 Å². The van der Waals surface area contributed by atoms with Gasteiger partial charge in [0.25, 0.3) is 5.91 Å². The molecule has 4 rings (SSSR count). The number of carbonyl (C=O) groups is 1. The van der Waals surface area contributed by atoms with Crippen LogP contribution in [0.15, 0.2) is 84.9 Å². The second kappa shape index (κ2) is 6.17. The molecule has 1 aliphatic heterocycles. The summed E-state index contributed by atoms with van der Waals surface area (Å²) >= 11 is 0. The average molecular weight is 311 g/mol. The minimum atomic E-state index is 0.0407. The number of benzene rings is 3. The van der Waals surface area contributed by atoms with Gasteiger partial charge in [-0.15, -0.1) is 0 Å².